The SMILES string of the molecule is Cc1ccc(C(=O)NCc2cccc(OC(C)C)c2)cc1C. The van der Waals surface area contributed by atoms with E-state index in [0.717, 1.165) is 16.9 Å². The highest BCUT2D eigenvalue weighted by Crippen LogP contribution is 2.15. The molecule has 0 heterocycles. The Kier molecular flexibility index (Phi) is 5.21. The third-order valence-electron chi connectivity index (χ3n) is 3.49. The van der Waals surface area contributed by atoms with Crippen LogP contribution in [0.4, 0.5) is 0 Å². The van der Waals surface area contributed by atoms with Gasteiger partial charge in [-0.15, -0.1) is 0 Å². The smallest absolute Gasteiger partial charge is 0.251 e. The van der Waals surface area contributed by atoms with Crippen molar-refractivity contribution in [3.63, 3.8) is 0 Å². The predicted molar refractivity (Wildman–Crippen MR) is 89.3 cm³/mol. The van der Waals surface area contributed by atoms with Gasteiger partial charge in [0.1, 0.15) is 5.75 Å². The molecule has 22 heavy (non-hydrogen) atoms. The third-order valence-corrected chi connectivity index (χ3v) is 3.49. The van der Waals surface area contributed by atoms with Crippen molar-refractivity contribution in [3.8, 4) is 5.75 Å². The van der Waals surface area contributed by atoms with E-state index in [-0.39, 0.29) is 12.0 Å². The van der Waals surface area contributed by atoms with E-state index in [4.69, 9.17) is 4.74 Å². The normalized spacial score (nSPS) is 10.6. The van der Waals surface area contributed by atoms with Crippen LogP contribution in [0.3, 0.4) is 0 Å². The molecule has 0 atom stereocenters. The molecule has 0 aliphatic heterocycles. The maximum absolute atomic E-state index is 12.2. The minimum atomic E-state index is -0.0571. The maximum Gasteiger partial charge on any atom is 0.251 e. The van der Waals surface area contributed by atoms with Gasteiger partial charge in [0.2, 0.25) is 0 Å². The first-order valence-electron chi connectivity index (χ1n) is 7.57. The number of hydrogen-bond acceptors (Lipinski definition) is 2. The summed E-state index contributed by atoms with van der Waals surface area (Å²) in [5, 5.41) is 2.95. The summed E-state index contributed by atoms with van der Waals surface area (Å²) in [6.07, 6.45) is 0.139. The van der Waals surface area contributed by atoms with Gasteiger partial charge in [-0.3, -0.25) is 4.79 Å². The highest BCUT2D eigenvalue weighted by atomic mass is 16.5. The van der Waals surface area contributed by atoms with E-state index in [1.165, 1.54) is 5.56 Å². The van der Waals surface area contributed by atoms with E-state index >= 15 is 0 Å². The highest BCUT2D eigenvalue weighted by molar-refractivity contribution is 5.94. The molecule has 3 nitrogen and oxygen atoms in total. The van der Waals surface area contributed by atoms with Gasteiger partial charge in [0, 0.05) is 12.1 Å². The Morgan fingerprint density at radius 2 is 1.86 bits per heavy atom. The molecular weight excluding hydrogens is 274 g/mol. The van der Waals surface area contributed by atoms with Crippen molar-refractivity contribution >= 4 is 5.91 Å². The van der Waals surface area contributed by atoms with E-state index < -0.39 is 0 Å². The van der Waals surface area contributed by atoms with Crippen LogP contribution in [0.1, 0.15) is 40.9 Å². The Bertz CT molecular complexity index is 662. The van der Waals surface area contributed by atoms with Gasteiger partial charge in [-0.05, 0) is 68.7 Å². The van der Waals surface area contributed by atoms with E-state index in [1.807, 2.05) is 70.2 Å². The molecule has 0 saturated heterocycles. The average Bonchev–Trinajstić information content (AvgIpc) is 2.47. The summed E-state index contributed by atoms with van der Waals surface area (Å²) in [5.41, 5.74) is 4.03. The van der Waals surface area contributed by atoms with Crippen LogP contribution in [-0.2, 0) is 6.54 Å². The Morgan fingerprint density at radius 3 is 2.55 bits per heavy atom. The van der Waals surface area contributed by atoms with E-state index in [2.05, 4.69) is 5.32 Å². The van der Waals surface area contributed by atoms with Crippen LogP contribution in [0.2, 0.25) is 0 Å². The Balaban J connectivity index is 2.00. The van der Waals surface area contributed by atoms with Crippen LogP contribution in [0, 0.1) is 13.8 Å². The summed E-state index contributed by atoms with van der Waals surface area (Å²) < 4.78 is 5.66. The molecule has 1 N–H and O–H groups in total. The second-order valence-corrected chi connectivity index (χ2v) is 5.80. The standard InChI is InChI=1S/C19H23NO2/c1-13(2)22-18-7-5-6-16(11-18)12-20-19(21)17-9-8-14(3)15(4)10-17/h5-11,13H,12H2,1-4H3,(H,20,21). The fraction of sp³-hybridized carbons (Fsp3) is 0.316. The Morgan fingerprint density at radius 1 is 1.09 bits per heavy atom. The highest BCUT2D eigenvalue weighted by Gasteiger charge is 2.07. The maximum atomic E-state index is 12.2. The van der Waals surface area contributed by atoms with E-state index in [9.17, 15) is 4.79 Å². The first-order valence-corrected chi connectivity index (χ1v) is 7.57. The Labute approximate surface area is 132 Å². The molecular formula is C19H23NO2. The van der Waals surface area contributed by atoms with Gasteiger partial charge in [-0.1, -0.05) is 18.2 Å². The summed E-state index contributed by atoms with van der Waals surface area (Å²) in [6, 6.07) is 13.6. The summed E-state index contributed by atoms with van der Waals surface area (Å²) in [6.45, 7) is 8.53. The number of aryl methyl sites for hydroxylation is 2. The molecule has 2 aromatic carbocycles. The molecule has 0 saturated carbocycles. The second-order valence-electron chi connectivity index (χ2n) is 5.80. The van der Waals surface area contributed by atoms with Crippen LogP contribution in [0.5, 0.6) is 5.75 Å². The van der Waals surface area contributed by atoms with Crippen LogP contribution in [-0.4, -0.2) is 12.0 Å². The van der Waals surface area contributed by atoms with Crippen molar-refractivity contribution in [2.75, 3.05) is 0 Å². The van der Waals surface area contributed by atoms with Crippen LogP contribution in [0.25, 0.3) is 0 Å². The number of benzene rings is 2. The predicted octanol–water partition coefficient (Wildman–Crippen LogP) is 4.02. The fourth-order valence-corrected chi connectivity index (χ4v) is 2.17. The van der Waals surface area contributed by atoms with Crippen LogP contribution >= 0.6 is 0 Å². The van der Waals surface area contributed by atoms with Crippen molar-refractivity contribution in [2.45, 2.75) is 40.3 Å². The molecule has 116 valence electrons. The minimum Gasteiger partial charge on any atom is -0.491 e. The van der Waals surface area contributed by atoms with Crippen LogP contribution < -0.4 is 10.1 Å². The van der Waals surface area contributed by atoms with Gasteiger partial charge in [-0.25, -0.2) is 0 Å². The van der Waals surface area contributed by atoms with Crippen molar-refractivity contribution < 1.29 is 9.53 Å². The molecule has 0 unspecified atom stereocenters. The summed E-state index contributed by atoms with van der Waals surface area (Å²) in [5.74, 6) is 0.770. The zero-order valence-electron chi connectivity index (χ0n) is 13.6. The zero-order chi connectivity index (χ0) is 16.1. The molecule has 0 spiro atoms. The lowest BCUT2D eigenvalue weighted by Gasteiger charge is -2.11. The molecule has 2 rings (SSSR count). The largest absolute Gasteiger partial charge is 0.491 e. The molecule has 0 radical (unpaired) electrons. The van der Waals surface area contributed by atoms with Gasteiger partial charge in [-0.2, -0.15) is 0 Å². The summed E-state index contributed by atoms with van der Waals surface area (Å²) in [7, 11) is 0. The van der Waals surface area contributed by atoms with Gasteiger partial charge < -0.3 is 10.1 Å². The van der Waals surface area contributed by atoms with E-state index in [0.29, 0.717) is 12.1 Å². The van der Waals surface area contributed by atoms with E-state index in [1.54, 1.807) is 0 Å². The molecule has 2 aromatic rings. The second kappa shape index (κ2) is 7.12. The monoisotopic (exact) mass is 297 g/mol. The molecule has 0 fully saturated rings. The number of carbonyl (C=O) groups is 1. The lowest BCUT2D eigenvalue weighted by molar-refractivity contribution is 0.0950. The lowest BCUT2D eigenvalue weighted by atomic mass is 10.1. The quantitative estimate of drug-likeness (QED) is 0.905. The number of amides is 1. The molecule has 0 aliphatic carbocycles. The van der Waals surface area contributed by atoms with Crippen molar-refractivity contribution in [1.29, 1.82) is 0 Å². The molecule has 0 bridgehead atoms. The lowest BCUT2D eigenvalue weighted by Crippen LogP contribution is -2.23. The number of nitrogens with one attached hydrogen (secondary N) is 1. The molecule has 1 amide bonds. The number of ether oxygens (including phenoxy) is 1. The molecule has 0 aromatic heterocycles. The van der Waals surface area contributed by atoms with Gasteiger partial charge in [0.25, 0.3) is 5.91 Å². The first-order chi connectivity index (χ1) is 10.5. The van der Waals surface area contributed by atoms with Gasteiger partial charge >= 0.3 is 0 Å². The molecule has 0 aliphatic rings. The number of hydrogen-bond donors (Lipinski definition) is 1. The number of carbonyl (C=O) groups excluding carboxylic acids is 1. The molecule has 3 heteroatoms. The zero-order valence-corrected chi connectivity index (χ0v) is 13.6. The first kappa shape index (κ1) is 16.1. The summed E-state index contributed by atoms with van der Waals surface area (Å²) >= 11 is 0. The van der Waals surface area contributed by atoms with Crippen molar-refractivity contribution in [2.24, 2.45) is 0 Å². The topological polar surface area (TPSA) is 38.3 Å². The average molecular weight is 297 g/mol. The van der Waals surface area contributed by atoms with Crippen molar-refractivity contribution in [1.82, 2.24) is 5.32 Å². The van der Waals surface area contributed by atoms with Crippen LogP contribution in [0.15, 0.2) is 42.5 Å². The van der Waals surface area contributed by atoms with Gasteiger partial charge in [0.05, 0.1) is 6.10 Å². The third kappa shape index (κ3) is 4.35. The fourth-order valence-electron chi connectivity index (χ4n) is 2.17. The minimum absolute atomic E-state index is 0.0571. The number of rotatable bonds is 5. The van der Waals surface area contributed by atoms with Crippen molar-refractivity contribution in [3.05, 3.63) is 64.7 Å². The summed E-state index contributed by atoms with van der Waals surface area (Å²) in [4.78, 5) is 12.2. The van der Waals surface area contributed by atoms with Gasteiger partial charge in [0.15, 0.2) is 0 Å². The Hall–Kier alpha value is -2.29.